The molecule has 5 atom stereocenters. The van der Waals surface area contributed by atoms with Crippen molar-refractivity contribution >= 4 is 18.5 Å². The Bertz CT molecular complexity index is 239. The minimum Gasteiger partial charge on any atom is -0.394 e. The molecule has 0 aromatic carbocycles. The van der Waals surface area contributed by atoms with Gasteiger partial charge in [-0.05, 0) is 0 Å². The molecule has 1 aliphatic heterocycles. The normalized spacial score (nSPS) is 41.3. The van der Waals surface area contributed by atoms with Gasteiger partial charge in [0, 0.05) is 6.92 Å². The second-order valence-corrected chi connectivity index (χ2v) is 3.96. The highest BCUT2D eigenvalue weighted by molar-refractivity contribution is 7.80. The molecule has 1 rings (SSSR count). The molecular formula is C8H15NO5S. The third-order valence-corrected chi connectivity index (χ3v) is 2.71. The quantitative estimate of drug-likeness (QED) is 0.353. The lowest BCUT2D eigenvalue weighted by Crippen LogP contribution is -2.62. The molecule has 2 unspecified atom stereocenters. The molecule has 0 spiro atoms. The van der Waals surface area contributed by atoms with E-state index in [2.05, 4.69) is 17.9 Å². The lowest BCUT2D eigenvalue weighted by Gasteiger charge is -2.40. The second-order valence-electron chi connectivity index (χ2n) is 3.46. The summed E-state index contributed by atoms with van der Waals surface area (Å²) >= 11 is 4.02. The standard InChI is InChI=1S/C8H15NO5S/c1-3(11)9-5-7(13)6(12)4(2-10)14-8(5)15/h4-8,10,12-13,15H,2H2,1H3,(H,9,11)/t4?,5?,6-,7-,8+/m0/s1. The highest BCUT2D eigenvalue weighted by Gasteiger charge is 2.43. The smallest absolute Gasteiger partial charge is 0.217 e. The van der Waals surface area contributed by atoms with E-state index in [1.807, 2.05) is 0 Å². The zero-order chi connectivity index (χ0) is 11.6. The van der Waals surface area contributed by atoms with Crippen LogP contribution in [-0.2, 0) is 9.53 Å². The number of thiol groups is 1. The van der Waals surface area contributed by atoms with Crippen LogP contribution in [0, 0.1) is 0 Å². The van der Waals surface area contributed by atoms with Crippen molar-refractivity contribution in [3.63, 3.8) is 0 Å². The molecule has 4 N–H and O–H groups in total. The maximum atomic E-state index is 10.8. The van der Waals surface area contributed by atoms with Crippen molar-refractivity contribution in [1.29, 1.82) is 0 Å². The molecular weight excluding hydrogens is 222 g/mol. The number of amides is 1. The van der Waals surface area contributed by atoms with Crippen LogP contribution in [-0.4, -0.2) is 57.6 Å². The Morgan fingerprint density at radius 3 is 2.53 bits per heavy atom. The molecule has 0 aromatic heterocycles. The van der Waals surface area contributed by atoms with Gasteiger partial charge >= 0.3 is 0 Å². The van der Waals surface area contributed by atoms with Crippen molar-refractivity contribution in [3.05, 3.63) is 0 Å². The first-order chi connectivity index (χ1) is 6.97. The SMILES string of the molecule is CC(=O)NC1[C@@H](S)OC(CO)[C@H](O)[C@H]1O. The molecule has 1 fully saturated rings. The number of carbonyl (C=O) groups is 1. The van der Waals surface area contributed by atoms with Gasteiger partial charge in [-0.15, -0.1) is 12.6 Å². The van der Waals surface area contributed by atoms with Crippen LogP contribution in [0.1, 0.15) is 6.92 Å². The van der Waals surface area contributed by atoms with Crippen LogP contribution >= 0.6 is 12.6 Å². The van der Waals surface area contributed by atoms with E-state index in [9.17, 15) is 15.0 Å². The second kappa shape index (κ2) is 5.13. The van der Waals surface area contributed by atoms with Gasteiger partial charge in [-0.1, -0.05) is 0 Å². The van der Waals surface area contributed by atoms with Crippen LogP contribution < -0.4 is 5.32 Å². The zero-order valence-corrected chi connectivity index (χ0v) is 9.09. The van der Waals surface area contributed by atoms with Crippen LogP contribution in [0.2, 0.25) is 0 Å². The molecule has 0 saturated carbocycles. The first kappa shape index (κ1) is 12.7. The number of rotatable bonds is 2. The number of carbonyl (C=O) groups excluding carboxylic acids is 1. The Labute approximate surface area is 92.7 Å². The van der Waals surface area contributed by atoms with Crippen molar-refractivity contribution in [2.24, 2.45) is 0 Å². The lowest BCUT2D eigenvalue weighted by atomic mass is 9.98. The minimum absolute atomic E-state index is 0.351. The van der Waals surface area contributed by atoms with Crippen molar-refractivity contribution < 1.29 is 24.9 Å². The molecule has 0 aromatic rings. The fraction of sp³-hybridized carbons (Fsp3) is 0.875. The molecule has 1 heterocycles. The van der Waals surface area contributed by atoms with Gasteiger partial charge in [-0.25, -0.2) is 0 Å². The van der Waals surface area contributed by atoms with Gasteiger partial charge in [0.15, 0.2) is 0 Å². The third-order valence-electron chi connectivity index (χ3n) is 2.27. The van der Waals surface area contributed by atoms with E-state index in [4.69, 9.17) is 9.84 Å². The minimum atomic E-state index is -1.24. The highest BCUT2D eigenvalue weighted by Crippen LogP contribution is 2.22. The molecule has 15 heavy (non-hydrogen) atoms. The summed E-state index contributed by atoms with van der Waals surface area (Å²) in [7, 11) is 0. The van der Waals surface area contributed by atoms with E-state index >= 15 is 0 Å². The Balaban J connectivity index is 2.70. The molecule has 0 bridgehead atoms. The average molecular weight is 237 g/mol. The molecule has 0 radical (unpaired) electrons. The van der Waals surface area contributed by atoms with E-state index in [1.165, 1.54) is 6.92 Å². The summed E-state index contributed by atoms with van der Waals surface area (Å²) in [5, 5.41) is 30.4. The average Bonchev–Trinajstić information content (AvgIpc) is 2.18. The van der Waals surface area contributed by atoms with Crippen molar-refractivity contribution in [1.82, 2.24) is 5.32 Å². The van der Waals surface area contributed by atoms with E-state index in [0.29, 0.717) is 0 Å². The van der Waals surface area contributed by atoms with Gasteiger partial charge < -0.3 is 25.4 Å². The van der Waals surface area contributed by atoms with Gasteiger partial charge in [-0.3, -0.25) is 4.79 Å². The topological polar surface area (TPSA) is 99.0 Å². The Morgan fingerprint density at radius 2 is 2.07 bits per heavy atom. The first-order valence-electron chi connectivity index (χ1n) is 4.55. The lowest BCUT2D eigenvalue weighted by molar-refractivity contribution is -0.173. The van der Waals surface area contributed by atoms with Crippen LogP contribution in [0.3, 0.4) is 0 Å². The van der Waals surface area contributed by atoms with Gasteiger partial charge in [0.25, 0.3) is 0 Å². The van der Waals surface area contributed by atoms with Gasteiger partial charge in [-0.2, -0.15) is 0 Å². The van der Waals surface area contributed by atoms with E-state index in [-0.39, 0.29) is 5.91 Å². The van der Waals surface area contributed by atoms with Crippen LogP contribution in [0.5, 0.6) is 0 Å². The molecule has 7 heteroatoms. The molecule has 1 amide bonds. The van der Waals surface area contributed by atoms with Gasteiger partial charge in [0.1, 0.15) is 23.7 Å². The molecule has 0 aliphatic carbocycles. The predicted octanol–water partition coefficient (Wildman–Crippen LogP) is -2.14. The van der Waals surface area contributed by atoms with Gasteiger partial charge in [0.2, 0.25) is 5.91 Å². The summed E-state index contributed by atoms with van der Waals surface area (Å²) in [6.07, 6.45) is -3.33. The zero-order valence-electron chi connectivity index (χ0n) is 8.20. The Kier molecular flexibility index (Phi) is 4.35. The molecule has 88 valence electrons. The number of hydrogen-bond acceptors (Lipinski definition) is 6. The number of aliphatic hydroxyl groups is 3. The fourth-order valence-electron chi connectivity index (χ4n) is 1.49. The molecule has 6 nitrogen and oxygen atoms in total. The summed E-state index contributed by atoms with van der Waals surface area (Å²) in [6, 6.07) is -0.788. The third kappa shape index (κ3) is 2.82. The monoisotopic (exact) mass is 237 g/mol. The highest BCUT2D eigenvalue weighted by atomic mass is 32.1. The van der Waals surface area contributed by atoms with E-state index in [1.54, 1.807) is 0 Å². The molecule has 1 aliphatic rings. The number of ether oxygens (including phenoxy) is 1. The van der Waals surface area contributed by atoms with Crippen molar-refractivity contribution in [2.75, 3.05) is 6.61 Å². The Hall–Kier alpha value is -0.340. The summed E-state index contributed by atoms with van der Waals surface area (Å²) < 4.78 is 5.12. The van der Waals surface area contributed by atoms with Crippen molar-refractivity contribution in [2.45, 2.75) is 36.7 Å². The van der Waals surface area contributed by atoms with Crippen molar-refractivity contribution in [3.8, 4) is 0 Å². The molecule has 1 saturated heterocycles. The number of hydrogen-bond donors (Lipinski definition) is 5. The van der Waals surface area contributed by atoms with Gasteiger partial charge in [0.05, 0.1) is 12.6 Å². The summed E-state index contributed by atoms with van der Waals surface area (Å²) in [5.74, 6) is -0.351. The van der Waals surface area contributed by atoms with E-state index < -0.39 is 36.4 Å². The number of nitrogens with one attached hydrogen (secondary N) is 1. The van der Waals surface area contributed by atoms with Crippen LogP contribution in [0.15, 0.2) is 0 Å². The Morgan fingerprint density at radius 1 is 1.47 bits per heavy atom. The van der Waals surface area contributed by atoms with Crippen LogP contribution in [0.25, 0.3) is 0 Å². The maximum Gasteiger partial charge on any atom is 0.217 e. The predicted molar refractivity (Wildman–Crippen MR) is 54.4 cm³/mol. The fourth-order valence-corrected chi connectivity index (χ4v) is 1.89. The summed E-state index contributed by atoms with van der Waals surface area (Å²) in [6.45, 7) is 0.875. The largest absolute Gasteiger partial charge is 0.394 e. The van der Waals surface area contributed by atoms with E-state index in [0.717, 1.165) is 0 Å². The first-order valence-corrected chi connectivity index (χ1v) is 5.06. The maximum absolute atomic E-state index is 10.8. The number of aliphatic hydroxyl groups excluding tert-OH is 3. The van der Waals surface area contributed by atoms with Crippen LogP contribution in [0.4, 0.5) is 0 Å². The summed E-state index contributed by atoms with van der Waals surface area (Å²) in [5.41, 5.74) is -0.760. The summed E-state index contributed by atoms with van der Waals surface area (Å²) in [4.78, 5) is 10.8.